The van der Waals surface area contributed by atoms with Crippen LogP contribution in [0.5, 0.6) is 0 Å². The molecule has 5 rings (SSSR count). The highest BCUT2D eigenvalue weighted by Crippen LogP contribution is 2.37. The minimum absolute atomic E-state index is 0.114. The number of fused-ring (bicyclic) bond motifs is 3. The minimum atomic E-state index is -1.17. The van der Waals surface area contributed by atoms with Crippen molar-refractivity contribution < 1.29 is 14.0 Å². The smallest absolute Gasteiger partial charge is 0.275 e. The van der Waals surface area contributed by atoms with Gasteiger partial charge in [-0.25, -0.2) is 4.39 Å². The first-order valence-electron chi connectivity index (χ1n) is 11.0. The molecule has 1 aliphatic carbocycles. The van der Waals surface area contributed by atoms with Crippen LogP contribution in [0.25, 0.3) is 10.2 Å². The molecule has 2 aromatic heterocycles. The molecule has 1 N–H and O–H groups in total. The van der Waals surface area contributed by atoms with Crippen LogP contribution in [0.15, 0.2) is 41.8 Å². The van der Waals surface area contributed by atoms with Gasteiger partial charge in [0.25, 0.3) is 5.91 Å². The number of hydrogen-bond donors (Lipinski definition) is 1. The molecule has 0 bridgehead atoms. The SMILES string of the molecule is C[C@]1(C(=O)NC2CCCCCC2)Cn2c(cc3sccc32)C(=O)N1c1cccc(F)c1. The molecule has 3 heterocycles. The van der Waals surface area contributed by atoms with Gasteiger partial charge in [-0.1, -0.05) is 31.7 Å². The predicted octanol–water partition coefficient (Wildman–Crippen LogP) is 5.10. The number of nitrogens with zero attached hydrogens (tertiary/aromatic N) is 2. The van der Waals surface area contributed by atoms with Crippen molar-refractivity contribution in [3.05, 3.63) is 53.3 Å². The second kappa shape index (κ2) is 7.79. The number of carbonyl (C=O) groups is 2. The Hall–Kier alpha value is -2.67. The Labute approximate surface area is 184 Å². The quantitative estimate of drug-likeness (QED) is 0.577. The molecule has 0 saturated heterocycles. The molecule has 31 heavy (non-hydrogen) atoms. The molecular weight excluding hydrogens is 413 g/mol. The van der Waals surface area contributed by atoms with Crippen molar-refractivity contribution in [1.82, 2.24) is 9.88 Å². The van der Waals surface area contributed by atoms with E-state index in [9.17, 15) is 14.0 Å². The predicted molar refractivity (Wildman–Crippen MR) is 121 cm³/mol. The summed E-state index contributed by atoms with van der Waals surface area (Å²) in [7, 11) is 0. The van der Waals surface area contributed by atoms with E-state index in [1.807, 2.05) is 22.1 Å². The Bertz CT molecular complexity index is 1140. The zero-order valence-electron chi connectivity index (χ0n) is 17.6. The van der Waals surface area contributed by atoms with Crippen molar-refractivity contribution in [3.8, 4) is 0 Å². The van der Waals surface area contributed by atoms with Crippen molar-refractivity contribution in [2.45, 2.75) is 63.6 Å². The van der Waals surface area contributed by atoms with Crippen LogP contribution in [0.1, 0.15) is 55.9 Å². The molecule has 1 aliphatic heterocycles. The van der Waals surface area contributed by atoms with Crippen molar-refractivity contribution >= 4 is 39.1 Å². The fourth-order valence-electron chi connectivity index (χ4n) is 5.00. The Morgan fingerprint density at radius 3 is 2.68 bits per heavy atom. The highest BCUT2D eigenvalue weighted by molar-refractivity contribution is 7.17. The summed E-state index contributed by atoms with van der Waals surface area (Å²) in [6, 6.07) is 9.92. The number of aromatic nitrogens is 1. The van der Waals surface area contributed by atoms with E-state index in [4.69, 9.17) is 0 Å². The molecule has 1 fully saturated rings. The second-order valence-corrected chi connectivity index (χ2v) is 9.79. The van der Waals surface area contributed by atoms with Crippen LogP contribution in [0.3, 0.4) is 0 Å². The Morgan fingerprint density at radius 2 is 1.94 bits per heavy atom. The van der Waals surface area contributed by atoms with Crippen LogP contribution < -0.4 is 10.2 Å². The summed E-state index contributed by atoms with van der Waals surface area (Å²) < 4.78 is 17.0. The summed E-state index contributed by atoms with van der Waals surface area (Å²) in [6.07, 6.45) is 6.51. The van der Waals surface area contributed by atoms with E-state index in [1.165, 1.54) is 29.9 Å². The van der Waals surface area contributed by atoms with Gasteiger partial charge in [0.05, 0.1) is 16.8 Å². The summed E-state index contributed by atoms with van der Waals surface area (Å²) in [4.78, 5) is 28.9. The third-order valence-electron chi connectivity index (χ3n) is 6.65. The summed E-state index contributed by atoms with van der Waals surface area (Å²) in [5.41, 5.74) is 0.726. The zero-order valence-corrected chi connectivity index (χ0v) is 18.4. The first-order chi connectivity index (χ1) is 15.0. The molecule has 1 saturated carbocycles. The van der Waals surface area contributed by atoms with E-state index < -0.39 is 11.4 Å². The highest BCUT2D eigenvalue weighted by atomic mass is 32.1. The third kappa shape index (κ3) is 3.45. The van der Waals surface area contributed by atoms with Gasteiger partial charge < -0.3 is 9.88 Å². The molecule has 2 aliphatic rings. The molecule has 5 nitrogen and oxygen atoms in total. The maximum Gasteiger partial charge on any atom is 0.275 e. The fraction of sp³-hybridized carbons (Fsp3) is 0.417. The largest absolute Gasteiger partial charge is 0.351 e. The Kier molecular flexibility index (Phi) is 5.08. The van der Waals surface area contributed by atoms with E-state index in [0.29, 0.717) is 17.9 Å². The normalized spacial score (nSPS) is 22.4. The topological polar surface area (TPSA) is 54.3 Å². The van der Waals surface area contributed by atoms with Crippen molar-refractivity contribution in [1.29, 1.82) is 0 Å². The van der Waals surface area contributed by atoms with E-state index in [2.05, 4.69) is 5.32 Å². The molecule has 3 aromatic rings. The van der Waals surface area contributed by atoms with Gasteiger partial charge in [-0.2, -0.15) is 0 Å². The number of nitrogens with one attached hydrogen (secondary N) is 1. The van der Waals surface area contributed by atoms with Gasteiger partial charge in [0.15, 0.2) is 0 Å². The van der Waals surface area contributed by atoms with E-state index in [1.54, 1.807) is 30.4 Å². The van der Waals surface area contributed by atoms with Gasteiger partial charge in [-0.15, -0.1) is 11.3 Å². The van der Waals surface area contributed by atoms with Crippen molar-refractivity contribution in [2.24, 2.45) is 0 Å². The van der Waals surface area contributed by atoms with Crippen molar-refractivity contribution in [3.63, 3.8) is 0 Å². The molecule has 0 radical (unpaired) electrons. The molecule has 1 aromatic carbocycles. The van der Waals surface area contributed by atoms with Crippen LogP contribution in [-0.2, 0) is 11.3 Å². The highest BCUT2D eigenvalue weighted by Gasteiger charge is 2.49. The van der Waals surface area contributed by atoms with Crippen molar-refractivity contribution in [2.75, 3.05) is 4.90 Å². The molecule has 2 amide bonds. The first-order valence-corrected chi connectivity index (χ1v) is 11.8. The first kappa shape index (κ1) is 20.2. The second-order valence-electron chi connectivity index (χ2n) is 8.84. The van der Waals surface area contributed by atoms with E-state index >= 15 is 0 Å². The lowest BCUT2D eigenvalue weighted by Crippen LogP contribution is -2.65. The van der Waals surface area contributed by atoms with Crippen LogP contribution in [-0.4, -0.2) is 28.0 Å². The van der Waals surface area contributed by atoms with Crippen LogP contribution in [0.4, 0.5) is 10.1 Å². The fourth-order valence-corrected chi connectivity index (χ4v) is 5.82. The number of rotatable bonds is 3. The molecule has 0 unspecified atom stereocenters. The molecule has 7 heteroatoms. The maximum absolute atomic E-state index is 14.1. The van der Waals surface area contributed by atoms with Gasteiger partial charge in [0, 0.05) is 11.7 Å². The average Bonchev–Trinajstić information content (AvgIpc) is 3.23. The lowest BCUT2D eigenvalue weighted by molar-refractivity contribution is -0.127. The molecule has 1 atom stereocenters. The summed E-state index contributed by atoms with van der Waals surface area (Å²) >= 11 is 1.57. The summed E-state index contributed by atoms with van der Waals surface area (Å²) in [6.45, 7) is 2.12. The Morgan fingerprint density at radius 1 is 1.16 bits per heavy atom. The van der Waals surface area contributed by atoms with Crippen LogP contribution in [0, 0.1) is 5.82 Å². The van der Waals surface area contributed by atoms with Gasteiger partial charge in [0.2, 0.25) is 5.91 Å². The number of benzene rings is 1. The summed E-state index contributed by atoms with van der Waals surface area (Å²) in [5, 5.41) is 5.22. The number of amides is 2. The van der Waals surface area contributed by atoms with E-state index in [0.717, 1.165) is 35.9 Å². The number of halogens is 1. The Balaban J connectivity index is 1.58. The molecule has 0 spiro atoms. The third-order valence-corrected chi connectivity index (χ3v) is 7.50. The maximum atomic E-state index is 14.1. The van der Waals surface area contributed by atoms with E-state index in [-0.39, 0.29) is 17.9 Å². The zero-order chi connectivity index (χ0) is 21.6. The number of thiophene rings is 1. The number of hydrogen-bond acceptors (Lipinski definition) is 3. The number of anilines is 1. The lowest BCUT2D eigenvalue weighted by Gasteiger charge is -2.44. The van der Waals surface area contributed by atoms with Gasteiger partial charge in [-0.05, 0) is 55.5 Å². The average molecular weight is 440 g/mol. The van der Waals surface area contributed by atoms with Crippen LogP contribution >= 0.6 is 11.3 Å². The van der Waals surface area contributed by atoms with Crippen LogP contribution in [0.2, 0.25) is 0 Å². The monoisotopic (exact) mass is 439 g/mol. The summed E-state index contributed by atoms with van der Waals surface area (Å²) in [5.74, 6) is -0.891. The standard InChI is InChI=1S/C24H26FN3O2S/c1-24(23(30)26-17-8-4-2-3-5-9-17)15-27-19-11-12-31-21(19)14-20(27)22(29)28(24)18-10-6-7-16(25)13-18/h6-7,10-14,17H,2-5,8-9,15H2,1H3,(H,26,30)/t24-/m1/s1. The molecule has 162 valence electrons. The molecular formula is C24H26FN3O2S. The van der Waals surface area contributed by atoms with Gasteiger partial charge in [0.1, 0.15) is 17.1 Å². The minimum Gasteiger partial charge on any atom is -0.351 e. The number of carbonyl (C=O) groups excluding carboxylic acids is 2. The van der Waals surface area contributed by atoms with Gasteiger partial charge >= 0.3 is 0 Å². The lowest BCUT2D eigenvalue weighted by atomic mass is 9.92. The van der Waals surface area contributed by atoms with Gasteiger partial charge in [-0.3, -0.25) is 14.5 Å².